The van der Waals surface area contributed by atoms with E-state index in [2.05, 4.69) is 14.5 Å². The first-order valence-corrected chi connectivity index (χ1v) is 6.01. The first-order chi connectivity index (χ1) is 9.15. The largest absolute Gasteiger partial charge is 0.574 e. The SMILES string of the molecule is CCOC(=O)c1nc(OC(F)(F)F)c(I)cc1[N+](=O)[O-]. The van der Waals surface area contributed by atoms with Gasteiger partial charge in [0, 0.05) is 6.07 Å². The molecule has 11 heteroatoms. The van der Waals surface area contributed by atoms with Crippen molar-refractivity contribution in [2.75, 3.05) is 6.61 Å². The smallest absolute Gasteiger partial charge is 0.461 e. The highest BCUT2D eigenvalue weighted by atomic mass is 127. The van der Waals surface area contributed by atoms with E-state index in [1.165, 1.54) is 29.5 Å². The molecule has 1 heterocycles. The summed E-state index contributed by atoms with van der Waals surface area (Å²) in [5.41, 5.74) is -1.61. The maximum Gasteiger partial charge on any atom is 0.574 e. The zero-order chi connectivity index (χ0) is 15.5. The average molecular weight is 406 g/mol. The monoisotopic (exact) mass is 406 g/mol. The molecule has 1 aromatic heterocycles. The molecule has 0 unspecified atom stereocenters. The molecule has 0 saturated heterocycles. The fourth-order valence-electron chi connectivity index (χ4n) is 1.13. The number of ether oxygens (including phenoxy) is 2. The van der Waals surface area contributed by atoms with Crippen LogP contribution in [0.15, 0.2) is 6.07 Å². The standard InChI is InChI=1S/C9H6F3IN2O5/c1-2-19-8(16)6-5(15(17)18)3-4(13)7(14-6)20-9(10,11)12/h3H,2H2,1H3. The number of carbonyl (C=O) groups is 1. The van der Waals surface area contributed by atoms with E-state index in [1.807, 2.05) is 0 Å². The molecule has 0 saturated carbocycles. The molecule has 1 aromatic rings. The zero-order valence-electron chi connectivity index (χ0n) is 9.73. The summed E-state index contributed by atoms with van der Waals surface area (Å²) >= 11 is 1.38. The van der Waals surface area contributed by atoms with E-state index in [4.69, 9.17) is 0 Å². The number of hydrogen-bond donors (Lipinski definition) is 0. The number of nitro groups is 1. The number of esters is 1. The van der Waals surface area contributed by atoms with Gasteiger partial charge < -0.3 is 9.47 Å². The van der Waals surface area contributed by atoms with Gasteiger partial charge in [-0.2, -0.15) is 4.98 Å². The van der Waals surface area contributed by atoms with Gasteiger partial charge in [0.25, 0.3) is 0 Å². The van der Waals surface area contributed by atoms with Crippen LogP contribution in [0.2, 0.25) is 0 Å². The third-order valence-corrected chi connectivity index (χ3v) is 2.57. The van der Waals surface area contributed by atoms with Crippen LogP contribution in [0.4, 0.5) is 18.9 Å². The molecule has 0 radical (unpaired) electrons. The van der Waals surface area contributed by atoms with E-state index in [0.29, 0.717) is 0 Å². The van der Waals surface area contributed by atoms with E-state index in [0.717, 1.165) is 6.07 Å². The Morgan fingerprint density at radius 2 is 2.15 bits per heavy atom. The first kappa shape index (κ1) is 16.4. The minimum absolute atomic E-state index is 0.112. The highest BCUT2D eigenvalue weighted by Gasteiger charge is 2.35. The second kappa shape index (κ2) is 6.19. The molecule has 0 bridgehead atoms. The third-order valence-electron chi connectivity index (χ3n) is 1.80. The Hall–Kier alpha value is -1.66. The van der Waals surface area contributed by atoms with Crippen LogP contribution < -0.4 is 4.74 Å². The molecule has 0 atom stereocenters. The van der Waals surface area contributed by atoms with Crippen LogP contribution in [0.5, 0.6) is 5.88 Å². The topological polar surface area (TPSA) is 91.6 Å². The van der Waals surface area contributed by atoms with E-state index in [9.17, 15) is 28.1 Å². The second-order valence-electron chi connectivity index (χ2n) is 3.17. The van der Waals surface area contributed by atoms with Gasteiger partial charge in [0.2, 0.25) is 11.6 Å². The Balaban J connectivity index is 3.34. The van der Waals surface area contributed by atoms with Crippen molar-refractivity contribution in [1.82, 2.24) is 4.98 Å². The van der Waals surface area contributed by atoms with Gasteiger partial charge in [-0.05, 0) is 29.5 Å². The van der Waals surface area contributed by atoms with Crippen LogP contribution in [0.3, 0.4) is 0 Å². The van der Waals surface area contributed by atoms with Crippen LogP contribution >= 0.6 is 22.6 Å². The van der Waals surface area contributed by atoms with Crippen LogP contribution in [-0.2, 0) is 4.74 Å². The minimum atomic E-state index is -5.03. The maximum absolute atomic E-state index is 12.1. The van der Waals surface area contributed by atoms with Crippen molar-refractivity contribution in [3.63, 3.8) is 0 Å². The van der Waals surface area contributed by atoms with Gasteiger partial charge in [0.05, 0.1) is 15.1 Å². The van der Waals surface area contributed by atoms with E-state index < -0.39 is 34.5 Å². The van der Waals surface area contributed by atoms with Crippen molar-refractivity contribution in [3.8, 4) is 5.88 Å². The molecule has 1 rings (SSSR count). The van der Waals surface area contributed by atoms with Crippen LogP contribution in [0, 0.1) is 13.7 Å². The number of pyridine rings is 1. The molecule has 0 amide bonds. The number of halogens is 4. The summed E-state index contributed by atoms with van der Waals surface area (Å²) < 4.78 is 44.3. The lowest BCUT2D eigenvalue weighted by molar-refractivity contribution is -0.385. The van der Waals surface area contributed by atoms with Crippen LogP contribution in [0.25, 0.3) is 0 Å². The highest BCUT2D eigenvalue weighted by Crippen LogP contribution is 2.30. The van der Waals surface area contributed by atoms with Crippen LogP contribution in [0.1, 0.15) is 17.4 Å². The van der Waals surface area contributed by atoms with E-state index in [-0.39, 0.29) is 10.2 Å². The van der Waals surface area contributed by atoms with Gasteiger partial charge in [0.1, 0.15) is 0 Å². The average Bonchev–Trinajstić information content (AvgIpc) is 2.29. The van der Waals surface area contributed by atoms with Crippen molar-refractivity contribution in [2.45, 2.75) is 13.3 Å². The van der Waals surface area contributed by atoms with Gasteiger partial charge in [0.15, 0.2) is 0 Å². The molecule has 110 valence electrons. The Morgan fingerprint density at radius 3 is 2.60 bits per heavy atom. The summed E-state index contributed by atoms with van der Waals surface area (Å²) in [6.45, 7) is 1.32. The number of rotatable bonds is 4. The number of hydrogen-bond acceptors (Lipinski definition) is 6. The molecular weight excluding hydrogens is 400 g/mol. The second-order valence-corrected chi connectivity index (χ2v) is 4.33. The lowest BCUT2D eigenvalue weighted by Gasteiger charge is -2.10. The quantitative estimate of drug-likeness (QED) is 0.331. The van der Waals surface area contributed by atoms with Crippen molar-refractivity contribution in [3.05, 3.63) is 25.4 Å². The molecule has 0 N–H and O–H groups in total. The summed E-state index contributed by atoms with van der Waals surface area (Å²) in [5, 5.41) is 10.8. The molecule has 20 heavy (non-hydrogen) atoms. The summed E-state index contributed by atoms with van der Waals surface area (Å²) in [5.74, 6) is -2.16. The molecule has 0 aromatic carbocycles. The zero-order valence-corrected chi connectivity index (χ0v) is 11.9. The van der Waals surface area contributed by atoms with Gasteiger partial charge in [-0.25, -0.2) is 4.79 Å². The Bertz CT molecular complexity index is 549. The molecule has 7 nitrogen and oxygen atoms in total. The van der Waals surface area contributed by atoms with E-state index in [1.54, 1.807) is 0 Å². The van der Waals surface area contributed by atoms with Crippen molar-refractivity contribution in [1.29, 1.82) is 0 Å². The van der Waals surface area contributed by atoms with Crippen molar-refractivity contribution >= 4 is 34.2 Å². The lowest BCUT2D eigenvalue weighted by atomic mass is 10.3. The number of carbonyl (C=O) groups excluding carboxylic acids is 1. The fourth-order valence-corrected chi connectivity index (χ4v) is 1.66. The predicted octanol–water partition coefficient (Wildman–Crippen LogP) is 2.67. The number of alkyl halides is 3. The molecule has 0 fully saturated rings. The van der Waals surface area contributed by atoms with Gasteiger partial charge in [-0.15, -0.1) is 13.2 Å². The number of aromatic nitrogens is 1. The summed E-state index contributed by atoms with van der Waals surface area (Å²) in [7, 11) is 0. The van der Waals surface area contributed by atoms with Crippen molar-refractivity contribution < 1.29 is 32.4 Å². The van der Waals surface area contributed by atoms with Gasteiger partial charge in [-0.1, -0.05) is 0 Å². The van der Waals surface area contributed by atoms with Gasteiger partial charge in [-0.3, -0.25) is 10.1 Å². The first-order valence-electron chi connectivity index (χ1n) is 4.93. The third kappa shape index (κ3) is 4.18. The van der Waals surface area contributed by atoms with Crippen LogP contribution in [-0.4, -0.2) is 28.8 Å². The van der Waals surface area contributed by atoms with E-state index >= 15 is 0 Å². The van der Waals surface area contributed by atoms with Crippen molar-refractivity contribution in [2.24, 2.45) is 0 Å². The predicted molar refractivity (Wildman–Crippen MR) is 66.2 cm³/mol. The summed E-state index contributed by atoms with van der Waals surface area (Å²) in [6.07, 6.45) is -5.03. The van der Waals surface area contributed by atoms with Gasteiger partial charge >= 0.3 is 18.0 Å². The lowest BCUT2D eigenvalue weighted by Crippen LogP contribution is -2.20. The normalized spacial score (nSPS) is 11.1. The summed E-state index contributed by atoms with van der Waals surface area (Å²) in [4.78, 5) is 24.5. The Kier molecular flexibility index (Phi) is 5.08. The minimum Gasteiger partial charge on any atom is -0.461 e. The Labute approximate surface area is 123 Å². The molecule has 0 aliphatic carbocycles. The molecular formula is C9H6F3IN2O5. The molecule has 0 spiro atoms. The molecule has 0 aliphatic rings. The highest BCUT2D eigenvalue weighted by molar-refractivity contribution is 14.1. The number of nitrogens with zero attached hydrogens (tertiary/aromatic N) is 2. The fraction of sp³-hybridized carbons (Fsp3) is 0.333. The maximum atomic E-state index is 12.1. The molecule has 0 aliphatic heterocycles. The summed E-state index contributed by atoms with van der Waals surface area (Å²) in [6, 6.07) is 0.751. The Morgan fingerprint density at radius 1 is 1.55 bits per heavy atom.